The molecule has 0 unspecified atom stereocenters. The molecular formula is C25H21F8NO4. The first-order valence-corrected chi connectivity index (χ1v) is 11.0. The van der Waals surface area contributed by atoms with E-state index in [9.17, 15) is 39.9 Å². The number of carbonyl (C=O) groups is 1. The lowest BCUT2D eigenvalue weighted by Gasteiger charge is -2.36. The number of furan rings is 1. The average molecular weight is 551 g/mol. The number of aromatic nitrogens is 1. The molecule has 1 aromatic carbocycles. The van der Waals surface area contributed by atoms with E-state index in [1.165, 1.54) is 24.4 Å². The number of fused-ring (bicyclic) bond motifs is 1. The summed E-state index contributed by atoms with van der Waals surface area (Å²) in [5.74, 6) is -25.1. The Balaban J connectivity index is 1.65. The predicted octanol–water partition coefficient (Wildman–Crippen LogP) is 7.31. The minimum Gasteiger partial charge on any atom is -0.493 e. The largest absolute Gasteiger partial charge is 0.493 e. The second-order valence-electron chi connectivity index (χ2n) is 8.37. The zero-order chi connectivity index (χ0) is 28.4. The van der Waals surface area contributed by atoms with Crippen LogP contribution >= 0.6 is 0 Å². The van der Waals surface area contributed by atoms with Gasteiger partial charge in [0.15, 0.2) is 0 Å². The van der Waals surface area contributed by atoms with Gasteiger partial charge >= 0.3 is 29.7 Å². The fourth-order valence-electron chi connectivity index (χ4n) is 3.22. The van der Waals surface area contributed by atoms with Crippen molar-refractivity contribution in [3.63, 3.8) is 0 Å². The quantitative estimate of drug-likeness (QED) is 0.134. The maximum atomic E-state index is 14.2. The van der Waals surface area contributed by atoms with Gasteiger partial charge in [-0.3, -0.25) is 4.98 Å². The molecule has 3 aromatic rings. The zero-order valence-corrected chi connectivity index (χ0v) is 19.8. The molecular weight excluding hydrogens is 530 g/mol. The van der Waals surface area contributed by atoms with Crippen molar-refractivity contribution in [2.75, 3.05) is 13.2 Å². The standard InChI is InChI=1S/C25H21F8NO4/c1-15(2)21(35)37-11-8-23(28,29)25(32,33)24(30,31)22(26,27)7-10-36-18-6-5-16-12-19(38-20(16)13-18)17-4-3-9-34-14-17/h3-6,9,12-14H,1,7-8,10-11H2,2H3. The molecule has 13 heteroatoms. The summed E-state index contributed by atoms with van der Waals surface area (Å²) in [7, 11) is 0. The lowest BCUT2D eigenvalue weighted by molar-refractivity contribution is -0.368. The highest BCUT2D eigenvalue weighted by atomic mass is 19.4. The summed E-state index contributed by atoms with van der Waals surface area (Å²) < 4.78 is 127. The summed E-state index contributed by atoms with van der Waals surface area (Å²) in [5, 5.41) is 0.587. The van der Waals surface area contributed by atoms with E-state index in [1.807, 2.05) is 0 Å². The van der Waals surface area contributed by atoms with E-state index in [-0.39, 0.29) is 16.9 Å². The summed E-state index contributed by atoms with van der Waals surface area (Å²) in [6.07, 6.45) is -1.04. The number of halogens is 8. The molecule has 0 N–H and O–H groups in total. The van der Waals surface area contributed by atoms with Crippen LogP contribution in [0, 0.1) is 0 Å². The Morgan fingerprint density at radius 2 is 1.58 bits per heavy atom. The van der Waals surface area contributed by atoms with E-state index < -0.39 is 55.7 Å². The number of nitrogens with zero attached hydrogens (tertiary/aromatic N) is 1. The number of hydrogen-bond donors (Lipinski definition) is 0. The number of carbonyl (C=O) groups excluding carboxylic acids is 1. The Morgan fingerprint density at radius 3 is 2.16 bits per heavy atom. The molecule has 0 aliphatic rings. The molecule has 2 aromatic heterocycles. The normalized spacial score (nSPS) is 13.0. The van der Waals surface area contributed by atoms with Crippen LogP contribution < -0.4 is 4.74 Å². The van der Waals surface area contributed by atoms with Crippen molar-refractivity contribution < 1.29 is 53.8 Å². The molecule has 0 bridgehead atoms. The van der Waals surface area contributed by atoms with E-state index in [0.29, 0.717) is 16.7 Å². The van der Waals surface area contributed by atoms with E-state index in [2.05, 4.69) is 16.3 Å². The average Bonchev–Trinajstić information content (AvgIpc) is 3.27. The Kier molecular flexibility index (Phi) is 8.08. The Morgan fingerprint density at radius 1 is 0.947 bits per heavy atom. The third kappa shape index (κ3) is 5.76. The first-order valence-electron chi connectivity index (χ1n) is 11.0. The Bertz CT molecular complexity index is 1290. The van der Waals surface area contributed by atoms with Crippen molar-refractivity contribution in [2.45, 2.75) is 43.5 Å². The molecule has 2 heterocycles. The van der Waals surface area contributed by atoms with Crippen LogP contribution in [0.3, 0.4) is 0 Å². The summed E-state index contributed by atoms with van der Waals surface area (Å²) >= 11 is 0. The summed E-state index contributed by atoms with van der Waals surface area (Å²) in [6.45, 7) is 1.62. The van der Waals surface area contributed by atoms with Gasteiger partial charge in [-0.1, -0.05) is 6.58 Å². The maximum Gasteiger partial charge on any atom is 0.378 e. The monoisotopic (exact) mass is 551 g/mol. The van der Waals surface area contributed by atoms with Crippen molar-refractivity contribution >= 4 is 16.9 Å². The summed E-state index contributed by atoms with van der Waals surface area (Å²) in [4.78, 5) is 15.1. The zero-order valence-electron chi connectivity index (χ0n) is 19.8. The van der Waals surface area contributed by atoms with Gasteiger partial charge in [0, 0.05) is 35.0 Å². The fraction of sp³-hybridized carbons (Fsp3) is 0.360. The lowest BCUT2D eigenvalue weighted by atomic mass is 9.95. The van der Waals surface area contributed by atoms with Crippen molar-refractivity contribution in [1.82, 2.24) is 4.98 Å². The van der Waals surface area contributed by atoms with Crippen LogP contribution in [0.5, 0.6) is 5.75 Å². The number of ether oxygens (including phenoxy) is 2. The van der Waals surface area contributed by atoms with Crippen molar-refractivity contribution in [3.05, 3.63) is 60.9 Å². The number of esters is 1. The predicted molar refractivity (Wildman–Crippen MR) is 120 cm³/mol. The van der Waals surface area contributed by atoms with Gasteiger partial charge in [0.25, 0.3) is 0 Å². The van der Waals surface area contributed by atoms with Gasteiger partial charge < -0.3 is 13.9 Å². The van der Waals surface area contributed by atoms with Gasteiger partial charge in [0.05, 0.1) is 26.1 Å². The molecule has 5 nitrogen and oxygen atoms in total. The smallest absolute Gasteiger partial charge is 0.378 e. The molecule has 0 amide bonds. The van der Waals surface area contributed by atoms with Gasteiger partial charge in [-0.15, -0.1) is 0 Å². The van der Waals surface area contributed by atoms with E-state index >= 15 is 0 Å². The molecule has 0 aliphatic heterocycles. The second kappa shape index (κ2) is 10.6. The summed E-state index contributed by atoms with van der Waals surface area (Å²) in [6, 6.07) is 9.10. The van der Waals surface area contributed by atoms with Crippen LogP contribution in [0.1, 0.15) is 19.8 Å². The van der Waals surface area contributed by atoms with Crippen LogP contribution in [-0.4, -0.2) is 47.9 Å². The minimum absolute atomic E-state index is 0.111. The van der Waals surface area contributed by atoms with E-state index in [1.54, 1.807) is 24.4 Å². The molecule has 38 heavy (non-hydrogen) atoms. The highest BCUT2D eigenvalue weighted by Crippen LogP contribution is 2.54. The van der Waals surface area contributed by atoms with Crippen LogP contribution in [0.2, 0.25) is 0 Å². The van der Waals surface area contributed by atoms with Gasteiger partial charge in [0.2, 0.25) is 0 Å². The first kappa shape index (κ1) is 28.9. The van der Waals surface area contributed by atoms with Gasteiger partial charge in [-0.05, 0) is 37.3 Å². The molecule has 0 saturated carbocycles. The number of rotatable bonds is 12. The van der Waals surface area contributed by atoms with Crippen LogP contribution in [-0.2, 0) is 9.53 Å². The Hall–Kier alpha value is -3.64. The number of benzene rings is 1. The summed E-state index contributed by atoms with van der Waals surface area (Å²) in [5.41, 5.74) is 0.619. The lowest BCUT2D eigenvalue weighted by Crippen LogP contribution is -2.62. The number of hydrogen-bond acceptors (Lipinski definition) is 5. The number of alkyl halides is 8. The van der Waals surface area contributed by atoms with Crippen molar-refractivity contribution in [3.8, 4) is 17.1 Å². The molecule has 0 atom stereocenters. The molecule has 0 radical (unpaired) electrons. The van der Waals surface area contributed by atoms with Gasteiger partial charge in [0.1, 0.15) is 17.1 Å². The van der Waals surface area contributed by atoms with Gasteiger partial charge in [-0.2, -0.15) is 35.1 Å². The Labute approximate surface area is 211 Å². The van der Waals surface area contributed by atoms with Crippen LogP contribution in [0.15, 0.2) is 65.4 Å². The minimum atomic E-state index is -6.48. The number of pyridine rings is 1. The van der Waals surface area contributed by atoms with Gasteiger partial charge in [-0.25, -0.2) is 4.79 Å². The van der Waals surface area contributed by atoms with E-state index in [0.717, 1.165) is 6.92 Å². The molecule has 3 rings (SSSR count). The molecule has 0 saturated heterocycles. The first-order chi connectivity index (χ1) is 17.6. The van der Waals surface area contributed by atoms with Crippen molar-refractivity contribution in [1.29, 1.82) is 0 Å². The fourth-order valence-corrected chi connectivity index (χ4v) is 3.22. The molecule has 0 spiro atoms. The SMILES string of the molecule is C=C(C)C(=O)OCCC(F)(F)C(F)(F)C(F)(F)C(F)(F)CCOc1ccc2cc(-c3cccnc3)oc2c1. The third-order valence-corrected chi connectivity index (χ3v) is 5.43. The van der Waals surface area contributed by atoms with Crippen LogP contribution in [0.4, 0.5) is 35.1 Å². The molecule has 206 valence electrons. The molecule has 0 aliphatic carbocycles. The van der Waals surface area contributed by atoms with Crippen molar-refractivity contribution in [2.24, 2.45) is 0 Å². The molecule has 0 fully saturated rings. The van der Waals surface area contributed by atoms with E-state index in [4.69, 9.17) is 9.15 Å². The van der Waals surface area contributed by atoms with Crippen LogP contribution in [0.25, 0.3) is 22.3 Å². The second-order valence-corrected chi connectivity index (χ2v) is 8.37. The third-order valence-electron chi connectivity index (χ3n) is 5.43. The highest BCUT2D eigenvalue weighted by molar-refractivity contribution is 5.87. The topological polar surface area (TPSA) is 61.6 Å². The maximum absolute atomic E-state index is 14.2. The highest BCUT2D eigenvalue weighted by Gasteiger charge is 2.79.